The maximum Gasteiger partial charge on any atom is 0.306 e. The average molecular weight is 1000 g/mol. The third-order valence-electron chi connectivity index (χ3n) is 12.2. The second-order valence-electron chi connectivity index (χ2n) is 20.3. The van der Waals surface area contributed by atoms with Crippen molar-refractivity contribution in [3.8, 4) is 0 Å². The normalized spacial score (nSPS) is 13.9. The molecule has 2 unspecified atom stereocenters. The molecule has 0 fully saturated rings. The summed E-state index contributed by atoms with van der Waals surface area (Å²) in [6.07, 6.45) is 66.5. The van der Waals surface area contributed by atoms with Crippen LogP contribution < -0.4 is 4.89 Å². The van der Waals surface area contributed by atoms with Crippen molar-refractivity contribution >= 4 is 19.8 Å². The van der Waals surface area contributed by atoms with E-state index in [2.05, 4.69) is 86.8 Å². The number of allylic oxidation sites excluding steroid dienone is 12. The van der Waals surface area contributed by atoms with Gasteiger partial charge in [-0.2, -0.15) is 0 Å². The molecule has 406 valence electrons. The van der Waals surface area contributed by atoms with Gasteiger partial charge in [0.1, 0.15) is 19.8 Å². The van der Waals surface area contributed by atoms with Crippen LogP contribution in [0.4, 0.5) is 0 Å². The lowest BCUT2D eigenvalue weighted by atomic mass is 10.1. The van der Waals surface area contributed by atoms with Crippen LogP contribution >= 0.6 is 7.82 Å². The number of quaternary nitrogens is 1. The zero-order valence-corrected chi connectivity index (χ0v) is 46.8. The molecule has 70 heavy (non-hydrogen) atoms. The molecule has 0 heterocycles. The van der Waals surface area contributed by atoms with Crippen LogP contribution in [0, 0.1) is 0 Å². The van der Waals surface area contributed by atoms with Gasteiger partial charge in [0.15, 0.2) is 6.10 Å². The lowest BCUT2D eigenvalue weighted by Crippen LogP contribution is -2.37. The summed E-state index contributed by atoms with van der Waals surface area (Å²) in [5.74, 6) is -0.840. The number of phosphoric ester groups is 1. The van der Waals surface area contributed by atoms with Crippen molar-refractivity contribution < 1.29 is 42.1 Å². The first kappa shape index (κ1) is 67.5. The van der Waals surface area contributed by atoms with Crippen LogP contribution in [0.25, 0.3) is 0 Å². The molecule has 0 bridgehead atoms. The van der Waals surface area contributed by atoms with E-state index in [1.165, 1.54) is 135 Å². The molecule has 0 aromatic rings. The lowest BCUT2D eigenvalue weighted by molar-refractivity contribution is -0.870. The van der Waals surface area contributed by atoms with E-state index in [1.54, 1.807) is 0 Å². The third kappa shape index (κ3) is 54.8. The summed E-state index contributed by atoms with van der Waals surface area (Å²) < 4.78 is 34.2. The number of carbonyl (C=O) groups is 2. The highest BCUT2D eigenvalue weighted by Gasteiger charge is 2.21. The molecule has 0 aromatic carbocycles. The number of phosphoric acid groups is 1. The summed E-state index contributed by atoms with van der Waals surface area (Å²) in [6, 6.07) is 0. The Balaban J connectivity index is 4.20. The monoisotopic (exact) mass is 1000 g/mol. The zero-order chi connectivity index (χ0) is 51.3. The molecule has 0 saturated carbocycles. The fraction of sp³-hybridized carbons (Fsp3) is 0.767. The Kier molecular flexibility index (Phi) is 49.5. The van der Waals surface area contributed by atoms with Crippen LogP contribution in [0.3, 0.4) is 0 Å². The molecule has 10 heteroatoms. The molecule has 0 aliphatic carbocycles. The molecule has 0 saturated heterocycles. The number of likely N-dealkylation sites (N-methyl/N-ethyl adjacent to an activating group) is 1. The quantitative estimate of drug-likeness (QED) is 0.0195. The second kappa shape index (κ2) is 51.4. The Labute approximate surface area is 431 Å². The van der Waals surface area contributed by atoms with E-state index in [4.69, 9.17) is 18.5 Å². The smallest absolute Gasteiger partial charge is 0.306 e. The predicted molar refractivity (Wildman–Crippen MR) is 296 cm³/mol. The largest absolute Gasteiger partial charge is 0.756 e. The van der Waals surface area contributed by atoms with Crippen molar-refractivity contribution in [2.45, 2.75) is 251 Å². The van der Waals surface area contributed by atoms with Crippen molar-refractivity contribution in [3.63, 3.8) is 0 Å². The highest BCUT2D eigenvalue weighted by molar-refractivity contribution is 7.45. The summed E-state index contributed by atoms with van der Waals surface area (Å²) in [4.78, 5) is 37.9. The van der Waals surface area contributed by atoms with E-state index >= 15 is 0 Å². The molecule has 0 spiro atoms. The zero-order valence-electron chi connectivity index (χ0n) is 46.0. The molecule has 0 radical (unpaired) electrons. The number of esters is 2. The van der Waals surface area contributed by atoms with E-state index in [-0.39, 0.29) is 32.0 Å². The Morgan fingerprint density at radius 1 is 0.457 bits per heavy atom. The van der Waals surface area contributed by atoms with Crippen LogP contribution in [-0.4, -0.2) is 70.0 Å². The fourth-order valence-electron chi connectivity index (χ4n) is 7.80. The molecular formula is C60H108NO8P. The number of nitrogens with zero attached hydrogens (tertiary/aromatic N) is 1. The van der Waals surface area contributed by atoms with Crippen molar-refractivity contribution in [2.75, 3.05) is 47.5 Å². The molecule has 0 aromatic heterocycles. The number of hydrogen-bond donors (Lipinski definition) is 0. The first-order chi connectivity index (χ1) is 34.0. The number of unbranched alkanes of at least 4 members (excludes halogenated alkanes) is 26. The minimum absolute atomic E-state index is 0.0349. The highest BCUT2D eigenvalue weighted by Crippen LogP contribution is 2.38. The standard InChI is InChI=1S/C60H108NO8P/c1-6-8-10-12-14-16-18-20-22-24-26-28-29-30-31-33-35-37-39-41-43-45-47-49-51-53-60(63)69-58(57-68-70(64,65)67-55-54-61(3,4)5)56-66-59(62)52-50-48-46-44-42-40-38-36-34-32-27-25-23-21-19-17-15-13-11-9-7-2/h8,10,14,16,20,22,25-28,30-31,58H,6-7,9,11-13,15,17-19,21,23-24,29,32-57H2,1-5H3/b10-8-,16-14-,22-20-,27-25-,28-26-,31-30-. The molecule has 9 nitrogen and oxygen atoms in total. The van der Waals surface area contributed by atoms with E-state index in [0.29, 0.717) is 17.4 Å². The summed E-state index contributed by atoms with van der Waals surface area (Å²) in [5.41, 5.74) is 0. The first-order valence-corrected chi connectivity index (χ1v) is 30.1. The van der Waals surface area contributed by atoms with Gasteiger partial charge in [-0.1, -0.05) is 222 Å². The molecular weight excluding hydrogens is 894 g/mol. The Morgan fingerprint density at radius 2 is 0.814 bits per heavy atom. The van der Waals surface area contributed by atoms with E-state index in [0.717, 1.165) is 77.0 Å². The van der Waals surface area contributed by atoms with Gasteiger partial charge in [0.05, 0.1) is 27.7 Å². The fourth-order valence-corrected chi connectivity index (χ4v) is 8.52. The molecule has 0 N–H and O–H groups in total. The Morgan fingerprint density at radius 3 is 1.23 bits per heavy atom. The number of rotatable bonds is 52. The van der Waals surface area contributed by atoms with Gasteiger partial charge in [-0.15, -0.1) is 0 Å². The minimum Gasteiger partial charge on any atom is -0.756 e. The van der Waals surface area contributed by atoms with E-state index in [1.807, 2.05) is 21.1 Å². The summed E-state index contributed by atoms with van der Waals surface area (Å²) >= 11 is 0. The topological polar surface area (TPSA) is 111 Å². The van der Waals surface area contributed by atoms with Gasteiger partial charge >= 0.3 is 11.9 Å². The Bertz CT molecular complexity index is 1410. The molecule has 0 aliphatic rings. The minimum atomic E-state index is -4.64. The second-order valence-corrected chi connectivity index (χ2v) is 21.7. The van der Waals surface area contributed by atoms with Gasteiger partial charge in [-0.05, 0) is 83.5 Å². The maximum atomic E-state index is 12.8. The van der Waals surface area contributed by atoms with Crippen LogP contribution in [-0.2, 0) is 32.7 Å². The highest BCUT2D eigenvalue weighted by atomic mass is 31.2. The van der Waals surface area contributed by atoms with Gasteiger partial charge in [-0.25, -0.2) is 0 Å². The van der Waals surface area contributed by atoms with Crippen molar-refractivity contribution in [3.05, 3.63) is 72.9 Å². The van der Waals surface area contributed by atoms with E-state index < -0.39 is 26.5 Å². The summed E-state index contributed by atoms with van der Waals surface area (Å²) in [7, 11) is 1.16. The van der Waals surface area contributed by atoms with Crippen LogP contribution in [0.15, 0.2) is 72.9 Å². The molecule has 0 aliphatic heterocycles. The maximum absolute atomic E-state index is 12.8. The summed E-state index contributed by atoms with van der Waals surface area (Å²) in [5, 5.41) is 0. The van der Waals surface area contributed by atoms with Gasteiger partial charge < -0.3 is 27.9 Å². The first-order valence-electron chi connectivity index (χ1n) is 28.6. The van der Waals surface area contributed by atoms with Gasteiger partial charge in [0.2, 0.25) is 0 Å². The Hall–Kier alpha value is -2.55. The molecule has 2 atom stereocenters. The van der Waals surface area contributed by atoms with Crippen molar-refractivity contribution in [1.29, 1.82) is 0 Å². The van der Waals surface area contributed by atoms with Gasteiger partial charge in [-0.3, -0.25) is 14.2 Å². The van der Waals surface area contributed by atoms with E-state index in [9.17, 15) is 19.0 Å². The van der Waals surface area contributed by atoms with Gasteiger partial charge in [0.25, 0.3) is 7.82 Å². The van der Waals surface area contributed by atoms with Gasteiger partial charge in [0, 0.05) is 12.8 Å². The number of carbonyl (C=O) groups excluding carboxylic acids is 2. The average Bonchev–Trinajstić information content (AvgIpc) is 3.32. The number of ether oxygens (including phenoxy) is 2. The SMILES string of the molecule is CC/C=C\C/C=C\C/C=C\C/C=C\C/C=C\CCCCCCCCCCCC(=O)OC(COC(=O)CCCCCCCCCCC/C=C\CCCCCCCCCC)COP(=O)([O-])OCC[N+](C)(C)C. The van der Waals surface area contributed by atoms with Crippen LogP contribution in [0.1, 0.15) is 245 Å². The van der Waals surface area contributed by atoms with Crippen LogP contribution in [0.5, 0.6) is 0 Å². The van der Waals surface area contributed by atoms with Crippen LogP contribution in [0.2, 0.25) is 0 Å². The third-order valence-corrected chi connectivity index (χ3v) is 13.2. The number of hydrogen-bond acceptors (Lipinski definition) is 8. The molecule has 0 rings (SSSR count). The van der Waals surface area contributed by atoms with Crippen molar-refractivity contribution in [2.24, 2.45) is 0 Å². The molecule has 0 amide bonds. The van der Waals surface area contributed by atoms with Crippen molar-refractivity contribution in [1.82, 2.24) is 0 Å². The predicted octanol–water partition coefficient (Wildman–Crippen LogP) is 17.1. The lowest BCUT2D eigenvalue weighted by Gasteiger charge is -2.28. The summed E-state index contributed by atoms with van der Waals surface area (Å²) in [6.45, 7) is 4.13.